The van der Waals surface area contributed by atoms with Crippen molar-refractivity contribution in [2.45, 2.75) is 5.41 Å². The lowest BCUT2D eigenvalue weighted by Gasteiger charge is -2.40. The van der Waals surface area contributed by atoms with Gasteiger partial charge in [-0.25, -0.2) is 4.98 Å². The van der Waals surface area contributed by atoms with E-state index >= 15 is 0 Å². The van der Waals surface area contributed by atoms with Crippen LogP contribution in [0.25, 0.3) is 66.4 Å². The lowest BCUT2D eigenvalue weighted by molar-refractivity contribution is 0.438. The first kappa shape index (κ1) is 30.3. The summed E-state index contributed by atoms with van der Waals surface area (Å²) in [5.74, 6) is 1.69. The van der Waals surface area contributed by atoms with Crippen LogP contribution in [0, 0.1) is 11.3 Å². The van der Waals surface area contributed by atoms with E-state index in [2.05, 4.69) is 146 Å². The second-order valence-corrected chi connectivity index (χ2v) is 14.0. The highest BCUT2D eigenvalue weighted by Crippen LogP contribution is 2.63. The number of nitrogens with zero attached hydrogens (tertiary/aromatic N) is 3. The van der Waals surface area contributed by atoms with Crippen LogP contribution in [0.2, 0.25) is 0 Å². The summed E-state index contributed by atoms with van der Waals surface area (Å²) in [6.07, 6.45) is 1.82. The van der Waals surface area contributed by atoms with Gasteiger partial charge in [-0.2, -0.15) is 5.26 Å². The Morgan fingerprint density at radius 3 is 1.89 bits per heavy atom. The predicted molar refractivity (Wildman–Crippen MR) is 215 cm³/mol. The van der Waals surface area contributed by atoms with Crippen molar-refractivity contribution in [1.82, 2.24) is 9.97 Å². The molecule has 54 heavy (non-hydrogen) atoms. The van der Waals surface area contributed by atoms with Crippen LogP contribution in [0.3, 0.4) is 0 Å². The molecule has 4 heteroatoms. The van der Waals surface area contributed by atoms with Crippen LogP contribution in [-0.2, 0) is 5.41 Å². The molecule has 0 amide bonds. The minimum absolute atomic E-state index is 0.561. The monoisotopic (exact) mass is 687 g/mol. The topological polar surface area (TPSA) is 58.8 Å². The van der Waals surface area contributed by atoms with E-state index in [1.807, 2.05) is 36.5 Å². The molecule has 1 aliphatic heterocycles. The van der Waals surface area contributed by atoms with Crippen molar-refractivity contribution < 1.29 is 4.74 Å². The predicted octanol–water partition coefficient (Wildman–Crippen LogP) is 12.1. The van der Waals surface area contributed by atoms with E-state index < -0.39 is 5.41 Å². The van der Waals surface area contributed by atoms with E-state index in [1.54, 1.807) is 0 Å². The standard InChI is InChI=1S/C50H29N3O/c51-30-31-18-20-32(21-19-31)35-27-36(29-37(28-35)45-25-24-34-23-22-33-9-8-26-52-47(33)48(34)53-45)38-12-7-16-44-49(38)54-46-17-6-5-15-43(46)50(44)41-13-3-1-10-39(41)40-11-2-4-14-42(40)50/h1-29H. The molecule has 7 aromatic carbocycles. The van der Waals surface area contributed by atoms with Gasteiger partial charge in [-0.05, 0) is 87.5 Å². The fourth-order valence-electron chi connectivity index (χ4n) is 8.82. The summed E-state index contributed by atoms with van der Waals surface area (Å²) in [5, 5.41) is 11.7. The molecule has 2 aromatic heterocycles. The van der Waals surface area contributed by atoms with E-state index in [0.717, 1.165) is 77.9 Å². The molecule has 0 saturated carbocycles. The summed E-state index contributed by atoms with van der Waals surface area (Å²) < 4.78 is 7.05. The van der Waals surface area contributed by atoms with Gasteiger partial charge in [0.15, 0.2) is 0 Å². The van der Waals surface area contributed by atoms with Gasteiger partial charge in [0.05, 0.1) is 33.8 Å². The van der Waals surface area contributed by atoms with Gasteiger partial charge >= 0.3 is 0 Å². The molecule has 0 N–H and O–H groups in total. The summed E-state index contributed by atoms with van der Waals surface area (Å²) >= 11 is 0. The highest BCUT2D eigenvalue weighted by Gasteiger charge is 2.51. The molecule has 11 rings (SSSR count). The smallest absolute Gasteiger partial charge is 0.140 e. The molecule has 0 fully saturated rings. The minimum Gasteiger partial charge on any atom is -0.456 e. The highest BCUT2D eigenvalue weighted by molar-refractivity contribution is 6.03. The molecule has 9 aromatic rings. The molecule has 0 saturated heterocycles. The van der Waals surface area contributed by atoms with Crippen molar-refractivity contribution >= 4 is 21.8 Å². The van der Waals surface area contributed by atoms with Crippen molar-refractivity contribution in [2.24, 2.45) is 0 Å². The Hall–Kier alpha value is -7.35. The fraction of sp³-hybridized carbons (Fsp3) is 0.0200. The number of aromatic nitrogens is 2. The summed E-state index contributed by atoms with van der Waals surface area (Å²) in [7, 11) is 0. The zero-order valence-electron chi connectivity index (χ0n) is 29.0. The molecule has 1 spiro atoms. The molecule has 250 valence electrons. The van der Waals surface area contributed by atoms with Crippen LogP contribution in [0.1, 0.15) is 27.8 Å². The summed E-state index contributed by atoms with van der Waals surface area (Å²) in [6, 6.07) is 61.8. The number of benzene rings is 7. The first-order valence-corrected chi connectivity index (χ1v) is 18.1. The van der Waals surface area contributed by atoms with Gasteiger partial charge in [0.1, 0.15) is 11.5 Å². The Morgan fingerprint density at radius 2 is 1.11 bits per heavy atom. The average Bonchev–Trinajstić information content (AvgIpc) is 3.54. The largest absolute Gasteiger partial charge is 0.456 e. The quantitative estimate of drug-likeness (QED) is 0.174. The normalized spacial score (nSPS) is 13.1. The number of pyridine rings is 2. The Morgan fingerprint density at radius 1 is 0.481 bits per heavy atom. The van der Waals surface area contributed by atoms with Crippen LogP contribution in [0.15, 0.2) is 176 Å². The minimum atomic E-state index is -0.561. The molecular formula is C50H29N3O. The van der Waals surface area contributed by atoms with Crippen LogP contribution in [-0.4, -0.2) is 9.97 Å². The van der Waals surface area contributed by atoms with Gasteiger partial charge in [-0.3, -0.25) is 4.98 Å². The number of fused-ring (bicyclic) bond motifs is 12. The SMILES string of the molecule is N#Cc1ccc(-c2cc(-c3ccc4ccc5cccnc5c4n3)cc(-c3cccc4c3Oc3ccccc3C43c4ccccc4-c4ccccc43)c2)cc1. The maximum Gasteiger partial charge on any atom is 0.140 e. The Bertz CT molecular complexity index is 3000. The molecule has 4 nitrogen and oxygen atoms in total. The highest BCUT2D eigenvalue weighted by atomic mass is 16.5. The second-order valence-electron chi connectivity index (χ2n) is 14.0. The first-order chi connectivity index (χ1) is 26.7. The molecule has 0 unspecified atom stereocenters. The Labute approximate surface area is 312 Å². The van der Waals surface area contributed by atoms with E-state index in [1.165, 1.54) is 22.3 Å². The molecule has 3 heterocycles. The maximum atomic E-state index is 9.56. The number of hydrogen-bond donors (Lipinski definition) is 0. The van der Waals surface area contributed by atoms with Gasteiger partial charge in [-0.1, -0.05) is 121 Å². The van der Waals surface area contributed by atoms with Crippen LogP contribution in [0.4, 0.5) is 0 Å². The lowest BCUT2D eigenvalue weighted by atomic mass is 9.65. The number of hydrogen-bond acceptors (Lipinski definition) is 4. The van der Waals surface area contributed by atoms with Crippen molar-refractivity contribution in [3.8, 4) is 62.2 Å². The van der Waals surface area contributed by atoms with E-state index in [-0.39, 0.29) is 0 Å². The Kier molecular flexibility index (Phi) is 6.50. The van der Waals surface area contributed by atoms with Gasteiger partial charge in [-0.15, -0.1) is 0 Å². The maximum absolute atomic E-state index is 9.56. The molecule has 0 bridgehead atoms. The van der Waals surface area contributed by atoms with Gasteiger partial charge in [0.2, 0.25) is 0 Å². The van der Waals surface area contributed by atoms with E-state index in [4.69, 9.17) is 14.7 Å². The van der Waals surface area contributed by atoms with E-state index in [0.29, 0.717) is 5.56 Å². The zero-order chi connectivity index (χ0) is 35.8. The molecule has 2 aliphatic rings. The van der Waals surface area contributed by atoms with Crippen molar-refractivity contribution in [2.75, 3.05) is 0 Å². The van der Waals surface area contributed by atoms with Crippen molar-refractivity contribution in [1.29, 1.82) is 5.26 Å². The van der Waals surface area contributed by atoms with Gasteiger partial charge in [0.25, 0.3) is 0 Å². The third-order valence-corrected chi connectivity index (χ3v) is 11.2. The number of nitriles is 1. The summed E-state index contributed by atoms with van der Waals surface area (Å²) in [5.41, 5.74) is 14.9. The third-order valence-electron chi connectivity index (χ3n) is 11.2. The zero-order valence-corrected chi connectivity index (χ0v) is 29.0. The molecule has 0 radical (unpaired) electrons. The first-order valence-electron chi connectivity index (χ1n) is 18.1. The average molecular weight is 688 g/mol. The van der Waals surface area contributed by atoms with Crippen molar-refractivity contribution in [3.05, 3.63) is 204 Å². The van der Waals surface area contributed by atoms with Crippen molar-refractivity contribution in [3.63, 3.8) is 0 Å². The van der Waals surface area contributed by atoms with Crippen LogP contribution >= 0.6 is 0 Å². The molecular weight excluding hydrogens is 659 g/mol. The molecule has 1 aliphatic carbocycles. The number of ether oxygens (including phenoxy) is 1. The number of para-hydroxylation sites is 2. The second kappa shape index (κ2) is 11.6. The van der Waals surface area contributed by atoms with E-state index in [9.17, 15) is 5.26 Å². The van der Waals surface area contributed by atoms with Crippen LogP contribution < -0.4 is 4.74 Å². The number of rotatable bonds is 3. The fourth-order valence-corrected chi connectivity index (χ4v) is 8.82. The van der Waals surface area contributed by atoms with Gasteiger partial charge in [0, 0.05) is 39.2 Å². The van der Waals surface area contributed by atoms with Gasteiger partial charge < -0.3 is 4.74 Å². The lowest BCUT2D eigenvalue weighted by Crippen LogP contribution is -2.32. The summed E-state index contributed by atoms with van der Waals surface area (Å²) in [6.45, 7) is 0. The Balaban J connectivity index is 1.18. The summed E-state index contributed by atoms with van der Waals surface area (Å²) in [4.78, 5) is 9.98. The molecule has 0 atom stereocenters. The van der Waals surface area contributed by atoms with Crippen LogP contribution in [0.5, 0.6) is 11.5 Å². The third kappa shape index (κ3) is 4.30.